The Morgan fingerprint density at radius 2 is 0.735 bits per heavy atom. The summed E-state index contributed by atoms with van der Waals surface area (Å²) in [5.74, 6) is -5.98. The number of carbonyl (C=O) groups excluding carboxylic acids is 3. The van der Waals surface area contributed by atoms with Crippen LogP contribution < -0.4 is 31.3 Å². The van der Waals surface area contributed by atoms with Gasteiger partial charge < -0.3 is 50.8 Å². The zero-order valence-corrected chi connectivity index (χ0v) is 23.5. The molecule has 0 saturated carbocycles. The highest BCUT2D eigenvalue weighted by Gasteiger charge is 2.29. The SMILES string of the molecule is CC(C)[NH2+]C(C)C.CC(C)[NH2+]C(C)C.CC(C)[NH2+]C(C)C.O=C([O-])CC(O)(CC(=O)[O-])C(=O)[O-]. The van der Waals surface area contributed by atoms with Gasteiger partial charge in [-0.05, 0) is 83.1 Å². The predicted octanol–water partition coefficient (Wildman–Crippen LogP) is -4.15. The molecule has 0 fully saturated rings. The first kappa shape index (κ1) is 39.5. The number of aliphatic carboxylic acids is 3. The van der Waals surface area contributed by atoms with Gasteiger partial charge in [-0.15, -0.1) is 0 Å². The van der Waals surface area contributed by atoms with Crippen LogP contribution >= 0.6 is 0 Å². The fourth-order valence-corrected chi connectivity index (χ4v) is 2.99. The normalized spacial score (nSPS) is 11.0. The minimum atomic E-state index is -2.97. The monoisotopic (exact) mass is 495 g/mol. The predicted molar refractivity (Wildman–Crippen MR) is 126 cm³/mol. The van der Waals surface area contributed by atoms with E-state index in [9.17, 15) is 29.7 Å². The van der Waals surface area contributed by atoms with Gasteiger partial charge in [0.15, 0.2) is 0 Å². The van der Waals surface area contributed by atoms with Crippen molar-refractivity contribution in [1.29, 1.82) is 0 Å². The third kappa shape index (κ3) is 37.6. The Balaban J connectivity index is -0.000000186. The van der Waals surface area contributed by atoms with E-state index in [0.717, 1.165) is 36.3 Å². The maximum atomic E-state index is 10.1. The fraction of sp³-hybridized carbons (Fsp3) is 0.875. The standard InChI is InChI=1S/3C6H15N.C6H8O7/c3*1-5(2)7-6(3)4;7-3(8)1-6(13,5(11)12)2-4(9)10/h3*5-7H,1-4H3;13H,1-2H2,(H,7,8)(H,9,10)(H,11,12). The molecular formula is C24H53N3O7. The summed E-state index contributed by atoms with van der Waals surface area (Å²) < 4.78 is 0. The molecule has 206 valence electrons. The van der Waals surface area contributed by atoms with Gasteiger partial charge in [0.2, 0.25) is 0 Å². The summed E-state index contributed by atoms with van der Waals surface area (Å²) in [5.41, 5.74) is -2.97. The van der Waals surface area contributed by atoms with Crippen LogP contribution in [0.25, 0.3) is 0 Å². The maximum Gasteiger partial charge on any atom is 0.114 e. The van der Waals surface area contributed by atoms with Gasteiger partial charge in [0, 0.05) is 24.8 Å². The summed E-state index contributed by atoms with van der Waals surface area (Å²) >= 11 is 0. The van der Waals surface area contributed by atoms with E-state index in [0.29, 0.717) is 0 Å². The van der Waals surface area contributed by atoms with E-state index in [4.69, 9.17) is 5.11 Å². The molecule has 0 aliphatic rings. The molecule has 10 heteroatoms. The molecule has 0 aromatic carbocycles. The van der Waals surface area contributed by atoms with E-state index in [1.165, 1.54) is 0 Å². The van der Waals surface area contributed by atoms with Crippen molar-refractivity contribution in [2.24, 2.45) is 0 Å². The maximum absolute atomic E-state index is 10.1. The Kier molecular flexibility index (Phi) is 25.3. The minimum Gasteiger partial charge on any atom is -0.550 e. The van der Waals surface area contributed by atoms with Crippen LogP contribution in [0.2, 0.25) is 0 Å². The van der Waals surface area contributed by atoms with Crippen molar-refractivity contribution in [2.75, 3.05) is 0 Å². The lowest BCUT2D eigenvalue weighted by atomic mass is 9.96. The van der Waals surface area contributed by atoms with Crippen LogP contribution in [0.15, 0.2) is 0 Å². The number of hydrogen-bond acceptors (Lipinski definition) is 7. The van der Waals surface area contributed by atoms with E-state index in [1.54, 1.807) is 0 Å². The number of nitrogens with two attached hydrogens (primary N) is 3. The summed E-state index contributed by atoms with van der Waals surface area (Å²) in [4.78, 5) is 30.0. The molecule has 0 aromatic heterocycles. The van der Waals surface area contributed by atoms with E-state index >= 15 is 0 Å². The highest BCUT2D eigenvalue weighted by atomic mass is 16.4. The number of carboxylic acid groups (broad SMARTS) is 3. The average Bonchev–Trinajstić information content (AvgIpc) is 2.50. The molecule has 0 amide bonds. The molecule has 0 saturated heterocycles. The zero-order chi connectivity index (χ0) is 28.2. The first-order valence-electron chi connectivity index (χ1n) is 12.0. The van der Waals surface area contributed by atoms with Crippen LogP contribution in [0.4, 0.5) is 0 Å². The van der Waals surface area contributed by atoms with Crippen LogP contribution in [0.1, 0.15) is 95.9 Å². The molecule has 10 nitrogen and oxygen atoms in total. The van der Waals surface area contributed by atoms with Gasteiger partial charge in [-0.1, -0.05) is 0 Å². The van der Waals surface area contributed by atoms with Crippen LogP contribution in [0.5, 0.6) is 0 Å². The molecular weight excluding hydrogens is 442 g/mol. The number of carbonyl (C=O) groups is 3. The number of rotatable bonds is 11. The molecule has 0 bridgehead atoms. The second-order valence-electron chi connectivity index (χ2n) is 10.5. The van der Waals surface area contributed by atoms with E-state index in [1.807, 2.05) is 0 Å². The second kappa shape index (κ2) is 21.8. The van der Waals surface area contributed by atoms with Crippen LogP contribution in [-0.2, 0) is 14.4 Å². The second-order valence-corrected chi connectivity index (χ2v) is 10.5. The largest absolute Gasteiger partial charge is 0.550 e. The fourth-order valence-electron chi connectivity index (χ4n) is 2.99. The summed E-state index contributed by atoms with van der Waals surface area (Å²) in [6, 6.07) is 4.50. The molecule has 0 heterocycles. The van der Waals surface area contributed by atoms with Gasteiger partial charge in [-0.25, -0.2) is 0 Å². The van der Waals surface area contributed by atoms with Crippen molar-refractivity contribution >= 4 is 17.9 Å². The molecule has 0 radical (unpaired) electrons. The zero-order valence-electron chi connectivity index (χ0n) is 23.5. The van der Waals surface area contributed by atoms with Gasteiger partial charge in [-0.3, -0.25) is 0 Å². The number of aliphatic hydroxyl groups is 1. The molecule has 7 N–H and O–H groups in total. The van der Waals surface area contributed by atoms with Crippen molar-refractivity contribution in [2.45, 2.75) is 138 Å². The van der Waals surface area contributed by atoms with E-state index in [-0.39, 0.29) is 0 Å². The van der Waals surface area contributed by atoms with Gasteiger partial charge in [0.1, 0.15) is 5.60 Å². The van der Waals surface area contributed by atoms with Crippen molar-refractivity contribution in [3.05, 3.63) is 0 Å². The first-order chi connectivity index (χ1) is 15.2. The van der Waals surface area contributed by atoms with Crippen molar-refractivity contribution in [3.63, 3.8) is 0 Å². The summed E-state index contributed by atoms with van der Waals surface area (Å²) in [5, 5.41) is 45.9. The van der Waals surface area contributed by atoms with Gasteiger partial charge in [-0.2, -0.15) is 0 Å². The molecule has 0 rings (SSSR count). The van der Waals surface area contributed by atoms with Crippen molar-refractivity contribution < 1.29 is 50.8 Å². The third-order valence-corrected chi connectivity index (χ3v) is 3.56. The molecule has 0 aliphatic heterocycles. The molecule has 34 heavy (non-hydrogen) atoms. The number of quaternary nitrogens is 3. The topological polar surface area (TPSA) is 190 Å². The van der Waals surface area contributed by atoms with Crippen LogP contribution in [0.3, 0.4) is 0 Å². The summed E-state index contributed by atoms with van der Waals surface area (Å²) in [6.45, 7) is 26.5. The Morgan fingerprint density at radius 3 is 0.794 bits per heavy atom. The Labute approximate surface area is 206 Å². The van der Waals surface area contributed by atoms with Gasteiger partial charge in [0.05, 0.1) is 42.2 Å². The third-order valence-electron chi connectivity index (χ3n) is 3.56. The quantitative estimate of drug-likeness (QED) is 0.223. The lowest BCUT2D eigenvalue weighted by Gasteiger charge is -2.29. The van der Waals surface area contributed by atoms with Crippen LogP contribution in [-0.4, -0.2) is 64.9 Å². The highest BCUT2D eigenvalue weighted by molar-refractivity contribution is 5.86. The van der Waals surface area contributed by atoms with Crippen LogP contribution in [0, 0.1) is 0 Å². The molecule has 0 aromatic rings. The van der Waals surface area contributed by atoms with Gasteiger partial charge >= 0.3 is 0 Å². The van der Waals surface area contributed by atoms with Crippen molar-refractivity contribution in [3.8, 4) is 0 Å². The van der Waals surface area contributed by atoms with Gasteiger partial charge in [0.25, 0.3) is 0 Å². The summed E-state index contributed by atoms with van der Waals surface area (Å²) in [6.07, 6.45) is -2.72. The molecule has 0 atom stereocenters. The minimum absolute atomic E-state index is 0.750. The lowest BCUT2D eigenvalue weighted by molar-refractivity contribution is -0.709. The number of carboxylic acids is 3. The molecule has 0 unspecified atom stereocenters. The van der Waals surface area contributed by atoms with Crippen molar-refractivity contribution in [1.82, 2.24) is 0 Å². The van der Waals surface area contributed by atoms with E-state index in [2.05, 4.69) is 99.0 Å². The first-order valence-corrected chi connectivity index (χ1v) is 12.0. The molecule has 0 spiro atoms. The average molecular weight is 496 g/mol. The summed E-state index contributed by atoms with van der Waals surface area (Å²) in [7, 11) is 0. The Morgan fingerprint density at radius 1 is 0.559 bits per heavy atom. The van der Waals surface area contributed by atoms with E-state index < -0.39 is 36.4 Å². The Bertz CT molecular complexity index is 467. The highest BCUT2D eigenvalue weighted by Crippen LogP contribution is 2.13. The lowest BCUT2D eigenvalue weighted by Crippen LogP contribution is -2.92. The molecule has 0 aliphatic carbocycles. The smallest absolute Gasteiger partial charge is 0.114 e. The number of hydrogen-bond donors (Lipinski definition) is 4. The Hall–Kier alpha value is -1.75.